The number of methoxy groups -OCH3 is 1. The molecule has 0 aromatic heterocycles. The van der Waals surface area contributed by atoms with Crippen LogP contribution in [0.1, 0.15) is 16.8 Å². The zero-order valence-electron chi connectivity index (χ0n) is 12.3. The van der Waals surface area contributed by atoms with Crippen molar-refractivity contribution in [2.45, 2.75) is 6.42 Å². The van der Waals surface area contributed by atoms with Crippen LogP contribution in [0.15, 0.2) is 22.7 Å². The van der Waals surface area contributed by atoms with Crippen LogP contribution in [-0.4, -0.2) is 57.2 Å². The molecular formula is C15H22BrN3O2. The fourth-order valence-electron chi connectivity index (χ4n) is 2.34. The molecule has 1 aromatic rings. The predicted molar refractivity (Wildman–Crippen MR) is 87.0 cm³/mol. The van der Waals surface area contributed by atoms with Gasteiger partial charge in [0.05, 0.1) is 12.7 Å². The fourth-order valence-corrected chi connectivity index (χ4v) is 2.77. The van der Waals surface area contributed by atoms with Crippen LogP contribution in [0.4, 0.5) is 0 Å². The first-order valence-electron chi connectivity index (χ1n) is 7.25. The predicted octanol–water partition coefficient (Wildman–Crippen LogP) is 1.48. The highest BCUT2D eigenvalue weighted by molar-refractivity contribution is 9.10. The maximum Gasteiger partial charge on any atom is 0.252 e. The van der Waals surface area contributed by atoms with Gasteiger partial charge in [0.1, 0.15) is 5.75 Å². The minimum absolute atomic E-state index is 0.0684. The van der Waals surface area contributed by atoms with E-state index in [2.05, 4.69) is 31.5 Å². The number of ether oxygens (including phenoxy) is 1. The molecule has 0 spiro atoms. The van der Waals surface area contributed by atoms with Gasteiger partial charge in [-0.25, -0.2) is 0 Å². The van der Waals surface area contributed by atoms with Gasteiger partial charge in [-0.2, -0.15) is 0 Å². The molecule has 1 fully saturated rings. The third kappa shape index (κ3) is 4.98. The number of carbonyl (C=O) groups excluding carboxylic acids is 1. The molecule has 2 N–H and O–H groups in total. The maximum atomic E-state index is 12.2. The zero-order chi connectivity index (χ0) is 15.1. The van der Waals surface area contributed by atoms with Gasteiger partial charge in [-0.15, -0.1) is 0 Å². The highest BCUT2D eigenvalue weighted by Gasteiger charge is 2.12. The van der Waals surface area contributed by atoms with Gasteiger partial charge in [0.25, 0.3) is 5.91 Å². The summed E-state index contributed by atoms with van der Waals surface area (Å²) >= 11 is 3.40. The molecule has 1 aromatic carbocycles. The number of rotatable bonds is 6. The second-order valence-electron chi connectivity index (χ2n) is 5.05. The Hall–Kier alpha value is -1.11. The van der Waals surface area contributed by atoms with E-state index in [-0.39, 0.29) is 5.91 Å². The van der Waals surface area contributed by atoms with E-state index >= 15 is 0 Å². The second-order valence-corrected chi connectivity index (χ2v) is 5.90. The van der Waals surface area contributed by atoms with Crippen LogP contribution in [0, 0.1) is 0 Å². The van der Waals surface area contributed by atoms with Crippen molar-refractivity contribution in [3.63, 3.8) is 0 Å². The Morgan fingerprint density at radius 1 is 1.43 bits per heavy atom. The number of hydrogen-bond acceptors (Lipinski definition) is 4. The Kier molecular flexibility index (Phi) is 6.48. The summed E-state index contributed by atoms with van der Waals surface area (Å²) in [7, 11) is 1.60. The van der Waals surface area contributed by atoms with Gasteiger partial charge in [0.2, 0.25) is 0 Å². The summed E-state index contributed by atoms with van der Waals surface area (Å²) < 4.78 is 5.93. The molecule has 1 aliphatic heterocycles. The Balaban J connectivity index is 1.76. The van der Waals surface area contributed by atoms with E-state index in [0.717, 1.165) is 43.6 Å². The molecule has 0 atom stereocenters. The molecule has 1 aliphatic rings. The Labute approximate surface area is 134 Å². The summed E-state index contributed by atoms with van der Waals surface area (Å²) in [6.07, 6.45) is 0.966. The number of hydrogen-bond donors (Lipinski definition) is 2. The van der Waals surface area contributed by atoms with Gasteiger partial charge in [0, 0.05) is 37.2 Å². The largest absolute Gasteiger partial charge is 0.497 e. The average molecular weight is 356 g/mol. The molecule has 0 aliphatic carbocycles. The molecule has 6 heteroatoms. The van der Waals surface area contributed by atoms with E-state index in [1.54, 1.807) is 13.2 Å². The Morgan fingerprint density at radius 2 is 2.19 bits per heavy atom. The summed E-state index contributed by atoms with van der Waals surface area (Å²) in [5.74, 6) is 0.616. The van der Waals surface area contributed by atoms with Gasteiger partial charge in [-0.1, -0.05) is 0 Å². The topological polar surface area (TPSA) is 53.6 Å². The first kappa shape index (κ1) is 16.3. The number of piperazine rings is 1. The van der Waals surface area contributed by atoms with E-state index in [0.29, 0.717) is 17.9 Å². The fraction of sp³-hybridized carbons (Fsp3) is 0.533. The lowest BCUT2D eigenvalue weighted by atomic mass is 10.2. The van der Waals surface area contributed by atoms with E-state index < -0.39 is 0 Å². The molecule has 0 radical (unpaired) electrons. The maximum absolute atomic E-state index is 12.2. The average Bonchev–Trinajstić information content (AvgIpc) is 2.53. The van der Waals surface area contributed by atoms with Crippen LogP contribution >= 0.6 is 15.9 Å². The Bertz CT molecular complexity index is 476. The van der Waals surface area contributed by atoms with Crippen LogP contribution in [0.2, 0.25) is 0 Å². The summed E-state index contributed by atoms with van der Waals surface area (Å²) in [6.45, 7) is 6.02. The van der Waals surface area contributed by atoms with E-state index in [4.69, 9.17) is 4.74 Å². The van der Waals surface area contributed by atoms with E-state index in [9.17, 15) is 4.79 Å². The molecule has 21 heavy (non-hydrogen) atoms. The van der Waals surface area contributed by atoms with Crippen molar-refractivity contribution in [3.05, 3.63) is 28.2 Å². The van der Waals surface area contributed by atoms with Crippen molar-refractivity contribution in [1.29, 1.82) is 0 Å². The van der Waals surface area contributed by atoms with Crippen molar-refractivity contribution < 1.29 is 9.53 Å². The smallest absolute Gasteiger partial charge is 0.252 e. The molecule has 1 amide bonds. The van der Waals surface area contributed by atoms with E-state index in [1.165, 1.54) is 0 Å². The van der Waals surface area contributed by atoms with Crippen molar-refractivity contribution in [2.75, 3.05) is 46.4 Å². The SMILES string of the molecule is COc1ccc(Br)c(C(=O)NCCCN2CCNCC2)c1. The highest BCUT2D eigenvalue weighted by Crippen LogP contribution is 2.22. The normalized spacial score (nSPS) is 15.7. The van der Waals surface area contributed by atoms with Crippen molar-refractivity contribution in [2.24, 2.45) is 0 Å². The molecule has 5 nitrogen and oxygen atoms in total. The third-order valence-electron chi connectivity index (χ3n) is 3.56. The van der Waals surface area contributed by atoms with Gasteiger partial charge >= 0.3 is 0 Å². The van der Waals surface area contributed by atoms with Crippen LogP contribution in [0.25, 0.3) is 0 Å². The number of halogens is 1. The lowest BCUT2D eigenvalue weighted by Gasteiger charge is -2.27. The van der Waals surface area contributed by atoms with Crippen molar-refractivity contribution >= 4 is 21.8 Å². The minimum atomic E-state index is -0.0684. The monoisotopic (exact) mass is 355 g/mol. The van der Waals surface area contributed by atoms with Gasteiger partial charge < -0.3 is 20.3 Å². The molecule has 1 heterocycles. The number of amides is 1. The first-order chi connectivity index (χ1) is 10.2. The van der Waals surface area contributed by atoms with Crippen LogP contribution in [-0.2, 0) is 0 Å². The lowest BCUT2D eigenvalue weighted by Crippen LogP contribution is -2.44. The van der Waals surface area contributed by atoms with Crippen molar-refractivity contribution in [1.82, 2.24) is 15.5 Å². The standard InChI is InChI=1S/C15H22BrN3O2/c1-21-12-3-4-14(16)13(11-12)15(20)18-5-2-8-19-9-6-17-7-10-19/h3-4,11,17H,2,5-10H2,1H3,(H,18,20). The highest BCUT2D eigenvalue weighted by atomic mass is 79.9. The van der Waals surface area contributed by atoms with Crippen LogP contribution in [0.5, 0.6) is 5.75 Å². The molecule has 0 saturated carbocycles. The quantitative estimate of drug-likeness (QED) is 0.759. The van der Waals surface area contributed by atoms with E-state index in [1.807, 2.05) is 12.1 Å². The molecule has 1 saturated heterocycles. The molecular weight excluding hydrogens is 334 g/mol. The lowest BCUT2D eigenvalue weighted by molar-refractivity contribution is 0.0950. The summed E-state index contributed by atoms with van der Waals surface area (Å²) in [5.41, 5.74) is 0.608. The Morgan fingerprint density at radius 3 is 2.90 bits per heavy atom. The number of nitrogens with zero attached hydrogens (tertiary/aromatic N) is 1. The summed E-state index contributed by atoms with van der Waals surface area (Å²) in [6, 6.07) is 5.40. The van der Waals surface area contributed by atoms with Crippen molar-refractivity contribution in [3.8, 4) is 5.75 Å². The number of nitrogens with one attached hydrogen (secondary N) is 2. The molecule has 2 rings (SSSR count). The van der Waals surface area contributed by atoms with Crippen LogP contribution < -0.4 is 15.4 Å². The van der Waals surface area contributed by atoms with Gasteiger partial charge in [0.15, 0.2) is 0 Å². The number of benzene rings is 1. The third-order valence-corrected chi connectivity index (χ3v) is 4.26. The van der Waals surface area contributed by atoms with Gasteiger partial charge in [-0.05, 0) is 47.1 Å². The number of carbonyl (C=O) groups is 1. The first-order valence-corrected chi connectivity index (χ1v) is 8.05. The summed E-state index contributed by atoms with van der Waals surface area (Å²) in [4.78, 5) is 14.6. The molecule has 0 bridgehead atoms. The second kappa shape index (κ2) is 8.36. The summed E-state index contributed by atoms with van der Waals surface area (Å²) in [5, 5.41) is 6.30. The zero-order valence-corrected chi connectivity index (χ0v) is 13.9. The van der Waals surface area contributed by atoms with Gasteiger partial charge in [-0.3, -0.25) is 4.79 Å². The molecule has 0 unspecified atom stereocenters. The van der Waals surface area contributed by atoms with Crippen LogP contribution in [0.3, 0.4) is 0 Å². The minimum Gasteiger partial charge on any atom is -0.497 e. The molecule has 116 valence electrons.